The Morgan fingerprint density at radius 1 is 1.32 bits per heavy atom. The molecule has 3 atom stereocenters. The molecule has 0 bridgehead atoms. The fraction of sp³-hybridized carbons (Fsp3) is 1.00. The molecule has 0 spiro atoms. The van der Waals surface area contributed by atoms with Crippen LogP contribution >= 0.6 is 0 Å². The quantitative estimate of drug-likeness (QED) is 0.774. The molecule has 0 amide bonds. The summed E-state index contributed by atoms with van der Waals surface area (Å²) in [6.45, 7) is 6.59. The van der Waals surface area contributed by atoms with Gasteiger partial charge in [0.2, 0.25) is 10.0 Å². The van der Waals surface area contributed by atoms with Gasteiger partial charge in [-0.15, -0.1) is 0 Å². The number of ether oxygens (including phenoxy) is 2. The van der Waals surface area contributed by atoms with Crippen molar-refractivity contribution in [2.75, 3.05) is 12.4 Å². The lowest BCUT2D eigenvalue weighted by atomic mass is 10.0. The maximum atomic E-state index is 11.2. The molecule has 3 unspecified atom stereocenters. The molecular formula is C13H27NO4S. The van der Waals surface area contributed by atoms with Crippen molar-refractivity contribution in [3.63, 3.8) is 0 Å². The van der Waals surface area contributed by atoms with Crippen LogP contribution in [0.5, 0.6) is 0 Å². The van der Waals surface area contributed by atoms with Gasteiger partial charge in [-0.3, -0.25) is 0 Å². The van der Waals surface area contributed by atoms with E-state index in [1.165, 1.54) is 0 Å². The number of primary sulfonamides is 1. The molecular weight excluding hydrogens is 266 g/mol. The first-order valence-electron chi connectivity index (χ1n) is 7.07. The molecule has 1 aliphatic heterocycles. The van der Waals surface area contributed by atoms with E-state index in [1.807, 2.05) is 20.8 Å². The standard InChI is InChI=1S/C13H27NO4S/c1-4-5-12(9-19(14,15)16)8-17-13-6-10(2)18-11(3)7-13/h10-13H,4-9H2,1-3H3,(H2,14,15,16). The van der Waals surface area contributed by atoms with E-state index in [9.17, 15) is 8.42 Å². The molecule has 6 heteroatoms. The summed E-state index contributed by atoms with van der Waals surface area (Å²) in [5.41, 5.74) is 0. The Hall–Kier alpha value is -0.170. The third-order valence-electron chi connectivity index (χ3n) is 3.39. The van der Waals surface area contributed by atoms with Crippen molar-refractivity contribution in [2.24, 2.45) is 11.1 Å². The van der Waals surface area contributed by atoms with E-state index in [1.54, 1.807) is 0 Å². The molecule has 1 saturated heterocycles. The molecule has 0 saturated carbocycles. The summed E-state index contributed by atoms with van der Waals surface area (Å²) in [6.07, 6.45) is 4.08. The summed E-state index contributed by atoms with van der Waals surface area (Å²) in [6, 6.07) is 0. The van der Waals surface area contributed by atoms with Gasteiger partial charge in [-0.1, -0.05) is 13.3 Å². The van der Waals surface area contributed by atoms with Crippen LogP contribution in [0.25, 0.3) is 0 Å². The van der Waals surface area contributed by atoms with Gasteiger partial charge in [0.15, 0.2) is 0 Å². The van der Waals surface area contributed by atoms with Crippen molar-refractivity contribution in [1.82, 2.24) is 0 Å². The fourth-order valence-electron chi connectivity index (χ4n) is 2.70. The Balaban J connectivity index is 2.42. The molecule has 1 aliphatic rings. The molecule has 0 aromatic heterocycles. The second-order valence-electron chi connectivity index (χ2n) is 5.67. The zero-order valence-corrected chi connectivity index (χ0v) is 13.0. The lowest BCUT2D eigenvalue weighted by molar-refractivity contribution is -0.106. The van der Waals surface area contributed by atoms with Gasteiger partial charge in [0, 0.05) is 0 Å². The molecule has 0 radical (unpaired) electrons. The number of nitrogens with two attached hydrogens (primary N) is 1. The van der Waals surface area contributed by atoms with Gasteiger partial charge in [-0.2, -0.15) is 0 Å². The SMILES string of the molecule is CCCC(COC1CC(C)OC(C)C1)CS(N)(=O)=O. The number of sulfonamides is 1. The highest BCUT2D eigenvalue weighted by atomic mass is 32.2. The minimum absolute atomic E-state index is 0.00606. The predicted octanol–water partition coefficient (Wildman–Crippen LogP) is 1.66. The van der Waals surface area contributed by atoms with E-state index < -0.39 is 10.0 Å². The Labute approximate surface area is 116 Å². The summed E-state index contributed by atoms with van der Waals surface area (Å²) in [5, 5.41) is 5.12. The molecule has 1 fully saturated rings. The van der Waals surface area contributed by atoms with Crippen molar-refractivity contribution in [1.29, 1.82) is 0 Å². The van der Waals surface area contributed by atoms with Crippen LogP contribution in [-0.4, -0.2) is 39.1 Å². The van der Waals surface area contributed by atoms with Gasteiger partial charge in [0.05, 0.1) is 30.7 Å². The number of rotatable bonds is 7. The highest BCUT2D eigenvalue weighted by Gasteiger charge is 2.26. The Morgan fingerprint density at radius 2 is 1.89 bits per heavy atom. The lowest BCUT2D eigenvalue weighted by Gasteiger charge is -2.32. The fourth-order valence-corrected chi connectivity index (χ4v) is 3.62. The second-order valence-corrected chi connectivity index (χ2v) is 7.33. The van der Waals surface area contributed by atoms with Crippen LogP contribution in [0.4, 0.5) is 0 Å². The van der Waals surface area contributed by atoms with Crippen molar-refractivity contribution in [3.8, 4) is 0 Å². The maximum Gasteiger partial charge on any atom is 0.209 e. The summed E-state index contributed by atoms with van der Waals surface area (Å²) in [5.74, 6) is 0.00304. The smallest absolute Gasteiger partial charge is 0.209 e. The average molecular weight is 293 g/mol. The van der Waals surface area contributed by atoms with Crippen LogP contribution in [0.15, 0.2) is 0 Å². The molecule has 1 rings (SSSR count). The summed E-state index contributed by atoms with van der Waals surface area (Å²) in [7, 11) is -3.42. The van der Waals surface area contributed by atoms with Crippen LogP contribution < -0.4 is 5.14 Å². The van der Waals surface area contributed by atoms with Gasteiger partial charge in [-0.25, -0.2) is 13.6 Å². The summed E-state index contributed by atoms with van der Waals surface area (Å²) >= 11 is 0. The largest absolute Gasteiger partial charge is 0.378 e. The maximum absolute atomic E-state index is 11.2. The number of hydrogen-bond donors (Lipinski definition) is 1. The molecule has 0 aromatic carbocycles. The first-order chi connectivity index (χ1) is 8.80. The summed E-state index contributed by atoms with van der Waals surface area (Å²) < 4.78 is 33.9. The van der Waals surface area contributed by atoms with Crippen molar-refractivity contribution in [2.45, 2.75) is 64.8 Å². The summed E-state index contributed by atoms with van der Waals surface area (Å²) in [4.78, 5) is 0. The van der Waals surface area contributed by atoms with Gasteiger partial charge < -0.3 is 9.47 Å². The topological polar surface area (TPSA) is 78.6 Å². The van der Waals surface area contributed by atoms with Gasteiger partial charge in [-0.05, 0) is 39.0 Å². The predicted molar refractivity (Wildman–Crippen MR) is 75.4 cm³/mol. The highest BCUT2D eigenvalue weighted by molar-refractivity contribution is 7.89. The van der Waals surface area contributed by atoms with Crippen molar-refractivity contribution < 1.29 is 17.9 Å². The zero-order valence-electron chi connectivity index (χ0n) is 12.2. The molecule has 19 heavy (non-hydrogen) atoms. The van der Waals surface area contributed by atoms with Crippen molar-refractivity contribution in [3.05, 3.63) is 0 Å². The Morgan fingerprint density at radius 3 is 2.37 bits per heavy atom. The minimum atomic E-state index is -3.42. The van der Waals surface area contributed by atoms with E-state index >= 15 is 0 Å². The van der Waals surface area contributed by atoms with Gasteiger partial charge in [0.25, 0.3) is 0 Å². The Bertz CT molecular complexity index is 348. The second kappa shape index (κ2) is 7.57. The average Bonchev–Trinajstić information content (AvgIpc) is 2.23. The molecule has 1 heterocycles. The number of hydrogen-bond acceptors (Lipinski definition) is 4. The molecule has 2 N–H and O–H groups in total. The van der Waals surface area contributed by atoms with Gasteiger partial charge >= 0.3 is 0 Å². The normalized spacial score (nSPS) is 30.2. The van der Waals surface area contributed by atoms with E-state index in [0.29, 0.717) is 6.61 Å². The lowest BCUT2D eigenvalue weighted by Crippen LogP contribution is -2.36. The highest BCUT2D eigenvalue weighted by Crippen LogP contribution is 2.22. The first-order valence-corrected chi connectivity index (χ1v) is 8.79. The van der Waals surface area contributed by atoms with E-state index in [2.05, 4.69) is 0 Å². The van der Waals surface area contributed by atoms with E-state index in [0.717, 1.165) is 25.7 Å². The van der Waals surface area contributed by atoms with Crippen LogP contribution in [0, 0.1) is 5.92 Å². The van der Waals surface area contributed by atoms with Crippen LogP contribution in [0.1, 0.15) is 46.5 Å². The zero-order chi connectivity index (χ0) is 14.5. The molecule has 114 valence electrons. The first kappa shape index (κ1) is 16.9. The van der Waals surface area contributed by atoms with Crippen molar-refractivity contribution >= 4 is 10.0 Å². The molecule has 0 aliphatic carbocycles. The van der Waals surface area contributed by atoms with E-state index in [-0.39, 0.29) is 30.0 Å². The Kier molecular flexibility index (Phi) is 6.73. The minimum Gasteiger partial charge on any atom is -0.378 e. The van der Waals surface area contributed by atoms with Gasteiger partial charge in [0.1, 0.15) is 0 Å². The van der Waals surface area contributed by atoms with E-state index in [4.69, 9.17) is 14.6 Å². The van der Waals surface area contributed by atoms with Crippen LogP contribution in [0.2, 0.25) is 0 Å². The van der Waals surface area contributed by atoms with Crippen LogP contribution in [-0.2, 0) is 19.5 Å². The molecule has 0 aromatic rings. The third-order valence-corrected chi connectivity index (χ3v) is 4.32. The molecule has 5 nitrogen and oxygen atoms in total. The van der Waals surface area contributed by atoms with Crippen LogP contribution in [0.3, 0.4) is 0 Å². The monoisotopic (exact) mass is 293 g/mol. The third kappa shape index (κ3) is 7.25.